The molecular formula is C30H38N6O3. The number of benzene rings is 1. The number of imidazole rings is 1. The van der Waals surface area contributed by atoms with Crippen LogP contribution in [0, 0.1) is 11.8 Å². The minimum absolute atomic E-state index is 0.0157. The van der Waals surface area contributed by atoms with Gasteiger partial charge in [-0.25, -0.2) is 4.98 Å². The Labute approximate surface area is 228 Å². The van der Waals surface area contributed by atoms with Crippen molar-refractivity contribution in [1.82, 2.24) is 29.7 Å². The van der Waals surface area contributed by atoms with Crippen LogP contribution in [0.15, 0.2) is 43.0 Å². The maximum atomic E-state index is 14.2. The van der Waals surface area contributed by atoms with E-state index in [1.165, 1.54) is 10.9 Å². The number of rotatable bonds is 7. The third-order valence-electron chi connectivity index (χ3n) is 9.15. The van der Waals surface area contributed by atoms with Crippen LogP contribution >= 0.6 is 0 Å². The van der Waals surface area contributed by atoms with Gasteiger partial charge in [-0.05, 0) is 57.1 Å². The first-order valence-electron chi connectivity index (χ1n) is 14.4. The zero-order valence-corrected chi connectivity index (χ0v) is 22.7. The highest BCUT2D eigenvalue weighted by Gasteiger charge is 2.57. The molecule has 5 heterocycles. The Morgan fingerprint density at radius 1 is 1.15 bits per heavy atom. The highest BCUT2D eigenvalue weighted by Crippen LogP contribution is 2.50. The van der Waals surface area contributed by atoms with Crippen molar-refractivity contribution in [1.29, 1.82) is 0 Å². The van der Waals surface area contributed by atoms with E-state index < -0.39 is 17.4 Å². The van der Waals surface area contributed by atoms with E-state index >= 15 is 0 Å². The third kappa shape index (κ3) is 4.61. The molecule has 0 bridgehead atoms. The molecule has 0 saturated carbocycles. The van der Waals surface area contributed by atoms with Crippen LogP contribution in [0.4, 0.5) is 0 Å². The zero-order valence-electron chi connectivity index (χ0n) is 22.7. The van der Waals surface area contributed by atoms with Crippen LogP contribution in [0.1, 0.15) is 56.7 Å². The lowest BCUT2D eigenvalue weighted by atomic mass is 9.67. The fraction of sp³-hybridized carbons (Fsp3) is 0.533. The molecule has 3 aliphatic heterocycles. The Kier molecular flexibility index (Phi) is 6.91. The van der Waals surface area contributed by atoms with Gasteiger partial charge in [0.05, 0.1) is 17.8 Å². The predicted octanol–water partition coefficient (Wildman–Crippen LogP) is 3.21. The topological polar surface area (TPSA) is 103 Å². The molecule has 9 heteroatoms. The first kappa shape index (κ1) is 25.6. The summed E-state index contributed by atoms with van der Waals surface area (Å²) in [7, 11) is 0. The van der Waals surface area contributed by atoms with Gasteiger partial charge in [-0.3, -0.25) is 14.4 Å². The van der Waals surface area contributed by atoms with E-state index in [0.717, 1.165) is 62.9 Å². The molecule has 1 unspecified atom stereocenters. The van der Waals surface area contributed by atoms with E-state index in [9.17, 15) is 14.4 Å². The number of amides is 3. The molecule has 0 radical (unpaired) electrons. The number of nitrogens with one attached hydrogen (secondary N) is 2. The Bertz CT molecular complexity index is 1360. The average molecular weight is 531 g/mol. The first-order chi connectivity index (χ1) is 19.0. The first-order valence-corrected chi connectivity index (χ1v) is 14.4. The summed E-state index contributed by atoms with van der Waals surface area (Å²) in [6, 6.07) is 8.23. The van der Waals surface area contributed by atoms with E-state index in [2.05, 4.69) is 34.3 Å². The lowest BCUT2D eigenvalue weighted by Crippen LogP contribution is -2.64. The van der Waals surface area contributed by atoms with E-state index in [-0.39, 0.29) is 24.1 Å². The molecule has 206 valence electrons. The fourth-order valence-corrected chi connectivity index (χ4v) is 7.07. The van der Waals surface area contributed by atoms with E-state index in [1.807, 2.05) is 32.7 Å². The van der Waals surface area contributed by atoms with Gasteiger partial charge in [0.15, 0.2) is 0 Å². The molecule has 9 nitrogen and oxygen atoms in total. The molecule has 2 fully saturated rings. The second kappa shape index (κ2) is 10.5. The van der Waals surface area contributed by atoms with Crippen LogP contribution in [0.25, 0.3) is 10.9 Å². The monoisotopic (exact) mass is 530 g/mol. The predicted molar refractivity (Wildman–Crippen MR) is 148 cm³/mol. The number of fused-ring (bicyclic) bond motifs is 5. The van der Waals surface area contributed by atoms with Crippen LogP contribution < -0.4 is 5.32 Å². The van der Waals surface area contributed by atoms with Gasteiger partial charge in [0, 0.05) is 74.1 Å². The Hall–Kier alpha value is -3.62. The van der Waals surface area contributed by atoms with Crippen LogP contribution in [-0.2, 0) is 32.9 Å². The molecule has 3 atom stereocenters. The van der Waals surface area contributed by atoms with Crippen molar-refractivity contribution in [3.05, 3.63) is 54.2 Å². The number of hydrogen-bond donors (Lipinski definition) is 2. The fourth-order valence-electron chi connectivity index (χ4n) is 7.07. The Morgan fingerprint density at radius 2 is 1.97 bits per heavy atom. The quantitative estimate of drug-likeness (QED) is 0.458. The molecule has 0 aliphatic carbocycles. The van der Waals surface area contributed by atoms with Gasteiger partial charge < -0.3 is 24.7 Å². The van der Waals surface area contributed by atoms with Crippen LogP contribution in [-0.4, -0.2) is 68.2 Å². The van der Waals surface area contributed by atoms with E-state index in [4.69, 9.17) is 0 Å². The zero-order chi connectivity index (χ0) is 27.0. The molecule has 1 aromatic carbocycles. The number of aromatic amines is 1. The molecular weight excluding hydrogens is 492 g/mol. The average Bonchev–Trinajstić information content (AvgIpc) is 3.61. The second-order valence-corrected chi connectivity index (χ2v) is 11.5. The number of para-hydroxylation sites is 1. The second-order valence-electron chi connectivity index (χ2n) is 11.5. The smallest absolute Gasteiger partial charge is 0.228 e. The Balaban J connectivity index is 1.25. The van der Waals surface area contributed by atoms with Crippen molar-refractivity contribution in [2.24, 2.45) is 11.8 Å². The van der Waals surface area contributed by atoms with Crippen LogP contribution in [0.5, 0.6) is 0 Å². The molecule has 3 aromatic rings. The summed E-state index contributed by atoms with van der Waals surface area (Å²) in [6.07, 6.45) is 10.6. The lowest BCUT2D eigenvalue weighted by Gasteiger charge is -2.54. The van der Waals surface area contributed by atoms with Crippen molar-refractivity contribution in [2.75, 3.05) is 26.2 Å². The van der Waals surface area contributed by atoms with Gasteiger partial charge in [-0.15, -0.1) is 0 Å². The normalized spacial score (nSPS) is 24.9. The van der Waals surface area contributed by atoms with Crippen molar-refractivity contribution >= 4 is 28.6 Å². The lowest BCUT2D eigenvalue weighted by molar-refractivity contribution is -0.164. The highest BCUT2D eigenvalue weighted by molar-refractivity contribution is 5.93. The summed E-state index contributed by atoms with van der Waals surface area (Å²) < 4.78 is 1.98. The van der Waals surface area contributed by atoms with Gasteiger partial charge in [0.1, 0.15) is 0 Å². The largest absolute Gasteiger partial charge is 0.356 e. The number of aromatic nitrogens is 3. The standard InChI is InChI=1S/C30H38N6O3/c1-30-24(29(39)35-14-5-2-6-15-35)18-21(19-26(37)32-11-7-13-34-17-12-31-20-34)28(38)36(30)16-10-23-22-8-3-4-9-25(22)33-27(23)30/h3-4,8-9,12,17,20-21,24,33H,2,5-7,10-11,13-16,18-19H2,1H3,(H,32,37)/t21?,24-,30+/m1/s1. The number of likely N-dealkylation sites (tertiary alicyclic amines) is 1. The maximum Gasteiger partial charge on any atom is 0.228 e. The summed E-state index contributed by atoms with van der Waals surface area (Å²) in [5, 5.41) is 4.16. The van der Waals surface area contributed by atoms with Crippen LogP contribution in [0.3, 0.4) is 0 Å². The number of piperidine rings is 2. The summed E-state index contributed by atoms with van der Waals surface area (Å²) in [6.45, 7) is 5.46. The van der Waals surface area contributed by atoms with Gasteiger partial charge in [0.25, 0.3) is 0 Å². The molecule has 2 aromatic heterocycles. The summed E-state index contributed by atoms with van der Waals surface area (Å²) in [5.74, 6) is -0.934. The number of H-pyrrole nitrogens is 1. The van der Waals surface area contributed by atoms with Gasteiger partial charge >= 0.3 is 0 Å². The molecule has 3 aliphatic rings. The van der Waals surface area contributed by atoms with Crippen LogP contribution in [0.2, 0.25) is 0 Å². The summed E-state index contributed by atoms with van der Waals surface area (Å²) >= 11 is 0. The highest BCUT2D eigenvalue weighted by atomic mass is 16.2. The van der Waals surface area contributed by atoms with E-state index in [0.29, 0.717) is 19.5 Å². The molecule has 2 saturated heterocycles. The molecule has 2 N–H and O–H groups in total. The Morgan fingerprint density at radius 3 is 2.77 bits per heavy atom. The van der Waals surface area contributed by atoms with E-state index in [1.54, 1.807) is 12.5 Å². The SMILES string of the molecule is C[C@]12c3[nH]c4ccccc4c3CCN1C(=O)C(CC(=O)NCCCn1ccnc1)C[C@@H]2C(=O)N1CCCCC1. The number of hydrogen-bond acceptors (Lipinski definition) is 4. The molecule has 39 heavy (non-hydrogen) atoms. The minimum Gasteiger partial charge on any atom is -0.356 e. The number of aryl methyl sites for hydroxylation is 1. The number of carbonyl (C=O) groups excluding carboxylic acids is 3. The molecule has 6 rings (SSSR count). The minimum atomic E-state index is -0.768. The molecule has 0 spiro atoms. The summed E-state index contributed by atoms with van der Waals surface area (Å²) in [5.41, 5.74) is 2.47. The van der Waals surface area contributed by atoms with Crippen molar-refractivity contribution < 1.29 is 14.4 Å². The third-order valence-corrected chi connectivity index (χ3v) is 9.15. The molecule has 3 amide bonds. The van der Waals surface area contributed by atoms with Gasteiger partial charge in [-0.1, -0.05) is 18.2 Å². The number of carbonyl (C=O) groups is 3. The van der Waals surface area contributed by atoms with Gasteiger partial charge in [0.2, 0.25) is 17.7 Å². The maximum absolute atomic E-state index is 14.2. The number of nitrogens with zero attached hydrogens (tertiary/aromatic N) is 4. The van der Waals surface area contributed by atoms with Crippen molar-refractivity contribution in [3.8, 4) is 0 Å². The van der Waals surface area contributed by atoms with Crippen molar-refractivity contribution in [3.63, 3.8) is 0 Å². The van der Waals surface area contributed by atoms with Gasteiger partial charge in [-0.2, -0.15) is 0 Å². The van der Waals surface area contributed by atoms with Crippen molar-refractivity contribution in [2.45, 2.75) is 64.0 Å². The summed E-state index contributed by atoms with van der Waals surface area (Å²) in [4.78, 5) is 52.6.